The number of benzene rings is 1. The van der Waals surface area contributed by atoms with Crippen LogP contribution in [0.4, 0.5) is 0 Å². The third-order valence-electron chi connectivity index (χ3n) is 2.56. The molecule has 1 heterocycles. The summed E-state index contributed by atoms with van der Waals surface area (Å²) in [5, 5.41) is 1.04. The second-order valence-electron chi connectivity index (χ2n) is 3.45. The van der Waals surface area contributed by atoms with Crippen molar-refractivity contribution in [1.29, 1.82) is 0 Å². The molecule has 0 radical (unpaired) electrons. The Labute approximate surface area is 82.9 Å². The van der Waals surface area contributed by atoms with Crippen molar-refractivity contribution in [1.82, 2.24) is 4.98 Å². The molecule has 2 aromatic rings. The number of hydrogen-bond acceptors (Lipinski definition) is 1. The molecule has 1 N–H and O–H groups in total. The fraction of sp³-hybridized carbons (Fsp3) is 0.250. The molecule has 2 nitrogen and oxygen atoms in total. The fourth-order valence-electron chi connectivity index (χ4n) is 1.80. The average Bonchev–Trinajstić information content (AvgIpc) is 2.60. The number of H-pyrrole nitrogens is 1. The number of carbonyl (C=O) groups is 1. The number of Topliss-reactive ketones (excluding diaryl/α,β-unsaturated/α-hetero) is 1. The quantitative estimate of drug-likeness (QED) is 0.720. The van der Waals surface area contributed by atoms with Crippen molar-refractivity contribution in [3.8, 4) is 0 Å². The first-order valence-electron chi connectivity index (χ1n) is 4.84. The highest BCUT2D eigenvalue weighted by Crippen LogP contribution is 2.22. The number of para-hydroxylation sites is 1. The van der Waals surface area contributed by atoms with Crippen molar-refractivity contribution in [3.05, 3.63) is 35.5 Å². The Morgan fingerprint density at radius 2 is 2.21 bits per heavy atom. The number of ketones is 1. The molecule has 0 aliphatic rings. The Kier molecular flexibility index (Phi) is 2.12. The van der Waals surface area contributed by atoms with E-state index in [1.165, 1.54) is 5.56 Å². The molecule has 1 aromatic carbocycles. The van der Waals surface area contributed by atoms with E-state index in [2.05, 4.69) is 18.0 Å². The zero-order valence-electron chi connectivity index (χ0n) is 8.42. The van der Waals surface area contributed by atoms with Gasteiger partial charge in [-0.1, -0.05) is 25.1 Å². The highest BCUT2D eigenvalue weighted by atomic mass is 16.1. The smallest absolute Gasteiger partial charge is 0.161 e. The molecule has 0 fully saturated rings. The second-order valence-corrected chi connectivity index (χ2v) is 3.45. The van der Waals surface area contributed by atoms with Crippen LogP contribution >= 0.6 is 0 Å². The third-order valence-corrected chi connectivity index (χ3v) is 2.56. The van der Waals surface area contributed by atoms with Gasteiger partial charge in [0.25, 0.3) is 0 Å². The lowest BCUT2D eigenvalue weighted by Crippen LogP contribution is -1.89. The first kappa shape index (κ1) is 9.00. The first-order chi connectivity index (χ1) is 6.74. The van der Waals surface area contributed by atoms with Gasteiger partial charge in [-0.3, -0.25) is 4.79 Å². The standard InChI is InChI=1S/C12H13NO/c1-3-9-5-4-6-10-11(8(2)14)7-13-12(9)10/h4-7,13H,3H2,1-2H3. The number of aromatic amines is 1. The summed E-state index contributed by atoms with van der Waals surface area (Å²) in [7, 11) is 0. The van der Waals surface area contributed by atoms with Crippen molar-refractivity contribution < 1.29 is 4.79 Å². The molecule has 0 amide bonds. The average molecular weight is 187 g/mol. The van der Waals surface area contributed by atoms with Crippen LogP contribution < -0.4 is 0 Å². The molecule has 0 saturated carbocycles. The molecule has 0 bridgehead atoms. The molecule has 72 valence electrons. The summed E-state index contributed by atoms with van der Waals surface area (Å²) in [6.45, 7) is 3.71. The maximum atomic E-state index is 11.3. The topological polar surface area (TPSA) is 32.9 Å². The van der Waals surface area contributed by atoms with E-state index in [1.54, 1.807) is 13.1 Å². The van der Waals surface area contributed by atoms with Gasteiger partial charge in [0.1, 0.15) is 0 Å². The number of hydrogen-bond donors (Lipinski definition) is 1. The molecule has 0 aliphatic carbocycles. The van der Waals surface area contributed by atoms with Crippen molar-refractivity contribution in [2.45, 2.75) is 20.3 Å². The van der Waals surface area contributed by atoms with Crippen molar-refractivity contribution in [3.63, 3.8) is 0 Å². The van der Waals surface area contributed by atoms with E-state index in [4.69, 9.17) is 0 Å². The van der Waals surface area contributed by atoms with Crippen molar-refractivity contribution >= 4 is 16.7 Å². The Bertz CT molecular complexity index is 482. The van der Waals surface area contributed by atoms with Gasteiger partial charge in [-0.05, 0) is 18.9 Å². The lowest BCUT2D eigenvalue weighted by molar-refractivity contribution is 0.101. The van der Waals surface area contributed by atoms with Gasteiger partial charge in [-0.25, -0.2) is 0 Å². The van der Waals surface area contributed by atoms with Gasteiger partial charge in [-0.15, -0.1) is 0 Å². The van der Waals surface area contributed by atoms with Crippen LogP contribution in [-0.2, 0) is 6.42 Å². The highest BCUT2D eigenvalue weighted by Gasteiger charge is 2.08. The Morgan fingerprint density at radius 1 is 1.43 bits per heavy atom. The van der Waals surface area contributed by atoms with Gasteiger partial charge in [0.05, 0.1) is 0 Å². The van der Waals surface area contributed by atoms with E-state index in [1.807, 2.05) is 12.1 Å². The molecule has 0 aliphatic heterocycles. The van der Waals surface area contributed by atoms with Gasteiger partial charge in [0, 0.05) is 22.7 Å². The summed E-state index contributed by atoms with van der Waals surface area (Å²) in [5.74, 6) is 0.115. The molecule has 0 saturated heterocycles. The Hall–Kier alpha value is -1.57. The summed E-state index contributed by atoms with van der Waals surface area (Å²) in [4.78, 5) is 14.5. The zero-order chi connectivity index (χ0) is 10.1. The van der Waals surface area contributed by atoms with Crippen LogP contribution in [0.1, 0.15) is 29.8 Å². The lowest BCUT2D eigenvalue weighted by atomic mass is 10.1. The predicted molar refractivity (Wildman–Crippen MR) is 57.7 cm³/mol. The molecule has 2 rings (SSSR count). The molecular weight excluding hydrogens is 174 g/mol. The SMILES string of the molecule is CCc1cccc2c(C(C)=O)c[nH]c12. The van der Waals surface area contributed by atoms with Crippen LogP contribution in [0.2, 0.25) is 0 Å². The van der Waals surface area contributed by atoms with E-state index in [0.717, 1.165) is 22.9 Å². The van der Waals surface area contributed by atoms with Crippen LogP contribution in [-0.4, -0.2) is 10.8 Å². The monoisotopic (exact) mass is 187 g/mol. The van der Waals surface area contributed by atoms with Crippen LogP contribution in [0.15, 0.2) is 24.4 Å². The summed E-state index contributed by atoms with van der Waals surface area (Å²) < 4.78 is 0. The number of carbonyl (C=O) groups excluding carboxylic acids is 1. The van der Waals surface area contributed by atoms with Gasteiger partial charge >= 0.3 is 0 Å². The van der Waals surface area contributed by atoms with Crippen molar-refractivity contribution in [2.75, 3.05) is 0 Å². The van der Waals surface area contributed by atoms with Crippen LogP contribution in [0, 0.1) is 0 Å². The third kappa shape index (κ3) is 1.23. The summed E-state index contributed by atoms with van der Waals surface area (Å²) in [6.07, 6.45) is 2.78. The largest absolute Gasteiger partial charge is 0.360 e. The number of aromatic nitrogens is 1. The number of nitrogens with one attached hydrogen (secondary N) is 1. The number of aryl methyl sites for hydroxylation is 1. The summed E-state index contributed by atoms with van der Waals surface area (Å²) in [6, 6.07) is 6.08. The van der Waals surface area contributed by atoms with Gasteiger partial charge < -0.3 is 4.98 Å². The van der Waals surface area contributed by atoms with Gasteiger partial charge in [0.2, 0.25) is 0 Å². The first-order valence-corrected chi connectivity index (χ1v) is 4.84. The van der Waals surface area contributed by atoms with Crippen LogP contribution in [0.3, 0.4) is 0 Å². The van der Waals surface area contributed by atoms with Crippen LogP contribution in [0.25, 0.3) is 10.9 Å². The molecule has 14 heavy (non-hydrogen) atoms. The lowest BCUT2D eigenvalue weighted by Gasteiger charge is -1.98. The molecular formula is C12H13NO. The molecule has 0 spiro atoms. The fourth-order valence-corrected chi connectivity index (χ4v) is 1.80. The van der Waals surface area contributed by atoms with E-state index >= 15 is 0 Å². The van der Waals surface area contributed by atoms with Crippen molar-refractivity contribution in [2.24, 2.45) is 0 Å². The summed E-state index contributed by atoms with van der Waals surface area (Å²) in [5.41, 5.74) is 3.14. The van der Waals surface area contributed by atoms with E-state index in [-0.39, 0.29) is 5.78 Å². The molecule has 2 heteroatoms. The number of rotatable bonds is 2. The summed E-state index contributed by atoms with van der Waals surface area (Å²) >= 11 is 0. The zero-order valence-corrected chi connectivity index (χ0v) is 8.42. The van der Waals surface area contributed by atoms with E-state index < -0.39 is 0 Å². The highest BCUT2D eigenvalue weighted by molar-refractivity contribution is 6.07. The Morgan fingerprint density at radius 3 is 2.86 bits per heavy atom. The minimum absolute atomic E-state index is 0.115. The minimum Gasteiger partial charge on any atom is -0.360 e. The van der Waals surface area contributed by atoms with E-state index in [0.29, 0.717) is 0 Å². The van der Waals surface area contributed by atoms with Crippen LogP contribution in [0.5, 0.6) is 0 Å². The minimum atomic E-state index is 0.115. The van der Waals surface area contributed by atoms with E-state index in [9.17, 15) is 4.79 Å². The molecule has 0 unspecified atom stereocenters. The predicted octanol–water partition coefficient (Wildman–Crippen LogP) is 2.93. The molecule has 0 atom stereocenters. The second kappa shape index (κ2) is 3.29. The maximum Gasteiger partial charge on any atom is 0.161 e. The molecule has 1 aromatic heterocycles. The van der Waals surface area contributed by atoms with Gasteiger partial charge in [-0.2, -0.15) is 0 Å². The Balaban J connectivity index is 2.75. The normalized spacial score (nSPS) is 10.7. The number of fused-ring (bicyclic) bond motifs is 1. The van der Waals surface area contributed by atoms with Gasteiger partial charge in [0.15, 0.2) is 5.78 Å². The maximum absolute atomic E-state index is 11.3.